The van der Waals surface area contributed by atoms with Crippen LogP contribution < -0.4 is 5.32 Å². The van der Waals surface area contributed by atoms with Crippen LogP contribution in [0.25, 0.3) is 0 Å². The van der Waals surface area contributed by atoms with Gasteiger partial charge in [-0.1, -0.05) is 36.4 Å². The lowest BCUT2D eigenvalue weighted by Crippen LogP contribution is -2.29. The highest BCUT2D eigenvalue weighted by molar-refractivity contribution is 5.94. The summed E-state index contributed by atoms with van der Waals surface area (Å²) < 4.78 is 5.21. The Kier molecular flexibility index (Phi) is 4.01. The van der Waals surface area contributed by atoms with E-state index in [0.29, 0.717) is 11.3 Å². The number of hydrogen-bond donors (Lipinski definition) is 1. The molecule has 0 aliphatic heterocycles. The summed E-state index contributed by atoms with van der Waals surface area (Å²) in [7, 11) is 0. The molecule has 4 nitrogen and oxygen atoms in total. The standard InChI is InChI=1S/C18H16N2O2/c1-13-10-16(12-22-13)18(21)20-17(14-6-3-2-4-7-14)15-8-5-9-19-11-15/h2-12,17H,1H3,(H,20,21)/t17-/m0/s1. The molecule has 22 heavy (non-hydrogen) atoms. The summed E-state index contributed by atoms with van der Waals surface area (Å²) in [4.78, 5) is 16.6. The maximum atomic E-state index is 12.4. The molecule has 2 aromatic heterocycles. The first kappa shape index (κ1) is 14.1. The summed E-state index contributed by atoms with van der Waals surface area (Å²) in [6.45, 7) is 1.81. The number of rotatable bonds is 4. The van der Waals surface area contributed by atoms with Crippen LogP contribution >= 0.6 is 0 Å². The molecule has 0 fully saturated rings. The van der Waals surface area contributed by atoms with E-state index >= 15 is 0 Å². The summed E-state index contributed by atoms with van der Waals surface area (Å²) in [5.41, 5.74) is 2.45. The van der Waals surface area contributed by atoms with Crippen LogP contribution in [0.5, 0.6) is 0 Å². The third-order valence-electron chi connectivity index (χ3n) is 3.42. The molecular formula is C18H16N2O2. The van der Waals surface area contributed by atoms with E-state index in [-0.39, 0.29) is 11.9 Å². The van der Waals surface area contributed by atoms with E-state index in [2.05, 4.69) is 10.3 Å². The van der Waals surface area contributed by atoms with Gasteiger partial charge in [-0.05, 0) is 30.2 Å². The highest BCUT2D eigenvalue weighted by Gasteiger charge is 2.18. The molecule has 0 aliphatic rings. The first-order valence-electron chi connectivity index (χ1n) is 7.05. The van der Waals surface area contributed by atoms with Crippen molar-refractivity contribution >= 4 is 5.91 Å². The maximum Gasteiger partial charge on any atom is 0.255 e. The van der Waals surface area contributed by atoms with Crippen LogP contribution in [0.4, 0.5) is 0 Å². The molecule has 0 saturated carbocycles. The lowest BCUT2D eigenvalue weighted by atomic mass is 10.00. The zero-order chi connectivity index (χ0) is 15.4. The Hall–Kier alpha value is -2.88. The van der Waals surface area contributed by atoms with Gasteiger partial charge in [-0.15, -0.1) is 0 Å². The predicted octanol–water partition coefficient (Wildman–Crippen LogP) is 3.50. The second-order valence-electron chi connectivity index (χ2n) is 5.05. The smallest absolute Gasteiger partial charge is 0.255 e. The molecule has 4 heteroatoms. The van der Waals surface area contributed by atoms with Crippen LogP contribution in [-0.2, 0) is 0 Å². The van der Waals surface area contributed by atoms with Crippen LogP contribution in [-0.4, -0.2) is 10.9 Å². The van der Waals surface area contributed by atoms with Gasteiger partial charge in [0, 0.05) is 12.4 Å². The number of amides is 1. The highest BCUT2D eigenvalue weighted by Crippen LogP contribution is 2.22. The minimum absolute atomic E-state index is 0.172. The van der Waals surface area contributed by atoms with E-state index in [0.717, 1.165) is 11.1 Å². The molecular weight excluding hydrogens is 276 g/mol. The van der Waals surface area contributed by atoms with Crippen molar-refractivity contribution in [1.29, 1.82) is 0 Å². The zero-order valence-electron chi connectivity index (χ0n) is 12.2. The average Bonchev–Trinajstić information content (AvgIpc) is 3.01. The van der Waals surface area contributed by atoms with Crippen LogP contribution in [0.3, 0.4) is 0 Å². The summed E-state index contributed by atoms with van der Waals surface area (Å²) in [5, 5.41) is 3.04. The molecule has 0 bridgehead atoms. The Bertz CT molecular complexity index is 712. The van der Waals surface area contributed by atoms with Crippen LogP contribution in [0.2, 0.25) is 0 Å². The van der Waals surface area contributed by atoms with Crippen molar-refractivity contribution in [2.45, 2.75) is 13.0 Å². The Morgan fingerprint density at radius 3 is 2.55 bits per heavy atom. The van der Waals surface area contributed by atoms with Crippen molar-refractivity contribution in [2.24, 2.45) is 0 Å². The first-order valence-corrected chi connectivity index (χ1v) is 7.05. The molecule has 1 atom stereocenters. The summed E-state index contributed by atoms with van der Waals surface area (Å²) in [5.74, 6) is 0.539. The molecule has 1 N–H and O–H groups in total. The Balaban J connectivity index is 1.91. The van der Waals surface area contributed by atoms with Gasteiger partial charge in [0.15, 0.2) is 0 Å². The van der Waals surface area contributed by atoms with Gasteiger partial charge in [0.25, 0.3) is 5.91 Å². The molecule has 0 spiro atoms. The zero-order valence-corrected chi connectivity index (χ0v) is 12.2. The van der Waals surface area contributed by atoms with E-state index < -0.39 is 0 Å². The summed E-state index contributed by atoms with van der Waals surface area (Å²) in [6, 6.07) is 15.1. The molecule has 110 valence electrons. The lowest BCUT2D eigenvalue weighted by Gasteiger charge is -2.19. The minimum Gasteiger partial charge on any atom is -0.469 e. The van der Waals surface area contributed by atoms with E-state index in [1.807, 2.05) is 49.4 Å². The number of nitrogens with one attached hydrogen (secondary N) is 1. The Labute approximate surface area is 128 Å². The number of pyridine rings is 1. The summed E-state index contributed by atoms with van der Waals surface area (Å²) >= 11 is 0. The fraction of sp³-hybridized carbons (Fsp3) is 0.111. The van der Waals surface area contributed by atoms with E-state index in [4.69, 9.17) is 4.42 Å². The first-order chi connectivity index (χ1) is 10.7. The Morgan fingerprint density at radius 1 is 1.14 bits per heavy atom. The second-order valence-corrected chi connectivity index (χ2v) is 5.05. The fourth-order valence-electron chi connectivity index (χ4n) is 2.33. The van der Waals surface area contributed by atoms with Crippen molar-refractivity contribution in [1.82, 2.24) is 10.3 Å². The number of aryl methyl sites for hydroxylation is 1. The molecule has 3 rings (SSSR count). The van der Waals surface area contributed by atoms with Crippen LogP contribution in [0, 0.1) is 6.92 Å². The highest BCUT2D eigenvalue weighted by atomic mass is 16.3. The van der Waals surface area contributed by atoms with Crippen molar-refractivity contribution in [2.75, 3.05) is 0 Å². The second kappa shape index (κ2) is 6.26. The van der Waals surface area contributed by atoms with Gasteiger partial charge < -0.3 is 9.73 Å². The van der Waals surface area contributed by atoms with Gasteiger partial charge in [0.05, 0.1) is 11.6 Å². The van der Waals surface area contributed by atoms with E-state index in [1.54, 1.807) is 18.5 Å². The monoisotopic (exact) mass is 292 g/mol. The number of furan rings is 1. The number of aromatic nitrogens is 1. The van der Waals surface area contributed by atoms with Crippen molar-refractivity contribution in [3.63, 3.8) is 0 Å². The molecule has 0 radical (unpaired) electrons. The van der Waals surface area contributed by atoms with E-state index in [1.165, 1.54) is 6.26 Å². The van der Waals surface area contributed by atoms with Crippen LogP contribution in [0.1, 0.15) is 33.3 Å². The minimum atomic E-state index is -0.252. The third-order valence-corrected chi connectivity index (χ3v) is 3.42. The Morgan fingerprint density at radius 2 is 1.91 bits per heavy atom. The summed E-state index contributed by atoms with van der Waals surface area (Å²) in [6.07, 6.45) is 4.95. The molecule has 0 aliphatic carbocycles. The lowest BCUT2D eigenvalue weighted by molar-refractivity contribution is 0.0942. The van der Waals surface area contributed by atoms with Gasteiger partial charge in [0.1, 0.15) is 12.0 Å². The third kappa shape index (κ3) is 3.06. The quantitative estimate of drug-likeness (QED) is 0.800. The van der Waals surface area contributed by atoms with Crippen LogP contribution in [0.15, 0.2) is 71.6 Å². The van der Waals surface area contributed by atoms with E-state index in [9.17, 15) is 4.79 Å². The van der Waals surface area contributed by atoms with Crippen molar-refractivity contribution in [3.05, 3.63) is 89.6 Å². The van der Waals surface area contributed by atoms with Gasteiger partial charge in [0.2, 0.25) is 0 Å². The maximum absolute atomic E-state index is 12.4. The number of carbonyl (C=O) groups excluding carboxylic acids is 1. The molecule has 3 aromatic rings. The number of hydrogen-bond acceptors (Lipinski definition) is 3. The molecule has 1 aromatic carbocycles. The SMILES string of the molecule is Cc1cc(C(=O)N[C@@H](c2ccccc2)c2cccnc2)co1. The average molecular weight is 292 g/mol. The van der Waals surface area contributed by atoms with Gasteiger partial charge in [-0.2, -0.15) is 0 Å². The number of nitrogens with zero attached hydrogens (tertiary/aromatic N) is 1. The van der Waals surface area contributed by atoms with Gasteiger partial charge in [-0.25, -0.2) is 0 Å². The normalized spacial score (nSPS) is 11.9. The van der Waals surface area contributed by atoms with Gasteiger partial charge in [-0.3, -0.25) is 9.78 Å². The number of benzene rings is 1. The van der Waals surface area contributed by atoms with Gasteiger partial charge >= 0.3 is 0 Å². The largest absolute Gasteiger partial charge is 0.469 e. The van der Waals surface area contributed by atoms with Crippen molar-refractivity contribution < 1.29 is 9.21 Å². The molecule has 1 amide bonds. The fourth-order valence-corrected chi connectivity index (χ4v) is 2.33. The topological polar surface area (TPSA) is 55.1 Å². The molecule has 2 heterocycles. The molecule has 0 unspecified atom stereocenters. The number of carbonyl (C=O) groups is 1. The predicted molar refractivity (Wildman–Crippen MR) is 83.4 cm³/mol. The molecule has 0 saturated heterocycles. The van der Waals surface area contributed by atoms with Crippen molar-refractivity contribution in [3.8, 4) is 0 Å².